The lowest BCUT2D eigenvalue weighted by atomic mass is 9.55. The summed E-state index contributed by atoms with van der Waals surface area (Å²) in [7, 11) is 0. The van der Waals surface area contributed by atoms with E-state index in [1.54, 1.807) is 24.3 Å². The third-order valence-corrected chi connectivity index (χ3v) is 7.76. The van der Waals surface area contributed by atoms with Gasteiger partial charge >= 0.3 is 5.97 Å². The summed E-state index contributed by atoms with van der Waals surface area (Å²) in [5, 5.41) is 8.88. The minimum Gasteiger partial charge on any atom is -0.426 e. The third kappa shape index (κ3) is 3.91. The summed E-state index contributed by atoms with van der Waals surface area (Å²) in [6.07, 6.45) is 11.5. The van der Waals surface area contributed by atoms with Crippen molar-refractivity contribution in [3.63, 3.8) is 0 Å². The molecule has 3 nitrogen and oxygen atoms in total. The second-order valence-electron chi connectivity index (χ2n) is 9.08. The average molecular weight is 366 g/mol. The normalized spacial score (nSPS) is 35.4. The highest BCUT2D eigenvalue weighted by molar-refractivity contribution is 5.75. The Morgan fingerprint density at radius 2 is 1.67 bits per heavy atom. The molecule has 0 spiro atoms. The van der Waals surface area contributed by atoms with Crippen LogP contribution in [0.2, 0.25) is 0 Å². The topological polar surface area (TPSA) is 50.1 Å². The average Bonchev–Trinajstić information content (AvgIpc) is 2.73. The Kier molecular flexibility index (Phi) is 5.53. The van der Waals surface area contributed by atoms with Gasteiger partial charge in [-0.15, -0.1) is 0 Å². The van der Waals surface area contributed by atoms with Crippen molar-refractivity contribution < 1.29 is 9.53 Å². The summed E-state index contributed by atoms with van der Waals surface area (Å²) in [6.45, 7) is 2.35. The number of nitrogens with zero attached hydrogens (tertiary/aromatic N) is 1. The van der Waals surface area contributed by atoms with E-state index in [0.29, 0.717) is 11.3 Å². The van der Waals surface area contributed by atoms with Crippen LogP contribution in [-0.4, -0.2) is 5.97 Å². The molecule has 0 amide bonds. The SMILES string of the molecule is CCC1CCC2C(CCC3CC(C(=O)Oc4ccc(C#N)cc4)CCC32)C1. The molecule has 3 heteroatoms. The second kappa shape index (κ2) is 8.05. The number of esters is 1. The third-order valence-electron chi connectivity index (χ3n) is 7.76. The largest absolute Gasteiger partial charge is 0.426 e. The number of fused-ring (bicyclic) bond motifs is 3. The fourth-order valence-corrected chi connectivity index (χ4v) is 6.27. The van der Waals surface area contributed by atoms with E-state index >= 15 is 0 Å². The lowest BCUT2D eigenvalue weighted by Gasteiger charge is -2.50. The molecule has 1 aromatic rings. The van der Waals surface area contributed by atoms with E-state index in [4.69, 9.17) is 10.00 Å². The molecule has 3 aliphatic carbocycles. The van der Waals surface area contributed by atoms with Crippen LogP contribution in [0.4, 0.5) is 0 Å². The first kappa shape index (κ1) is 18.5. The number of carbonyl (C=O) groups is 1. The van der Waals surface area contributed by atoms with Crippen molar-refractivity contribution >= 4 is 5.97 Å². The fraction of sp³-hybridized carbons (Fsp3) is 0.667. The first-order chi connectivity index (χ1) is 13.2. The molecule has 0 aliphatic heterocycles. The minimum absolute atomic E-state index is 0.0467. The predicted octanol–water partition coefficient (Wildman–Crippen LogP) is 5.73. The maximum absolute atomic E-state index is 12.7. The van der Waals surface area contributed by atoms with Gasteiger partial charge in [-0.05, 0) is 98.8 Å². The molecule has 0 N–H and O–H groups in total. The van der Waals surface area contributed by atoms with Crippen LogP contribution in [0.25, 0.3) is 0 Å². The quantitative estimate of drug-likeness (QED) is 0.507. The molecule has 1 aromatic carbocycles. The highest BCUT2D eigenvalue weighted by Crippen LogP contribution is 2.53. The Hall–Kier alpha value is -1.82. The molecule has 0 aromatic heterocycles. The number of carbonyl (C=O) groups excluding carboxylic acids is 1. The van der Waals surface area contributed by atoms with Crippen molar-refractivity contribution in [3.05, 3.63) is 29.8 Å². The Bertz CT molecular complexity index is 704. The van der Waals surface area contributed by atoms with Gasteiger partial charge < -0.3 is 4.74 Å². The first-order valence-electron chi connectivity index (χ1n) is 10.9. The standard InChI is InChI=1S/C24H31NO2/c1-2-16-5-11-22-18(13-16)6-7-19-14-20(8-12-23(19)22)24(26)27-21-9-3-17(15-25)4-10-21/h3-4,9-10,16,18-20,22-23H,2,5-8,11-14H2,1H3. The summed E-state index contributed by atoms with van der Waals surface area (Å²) in [4.78, 5) is 12.7. The summed E-state index contributed by atoms with van der Waals surface area (Å²) < 4.78 is 5.62. The predicted molar refractivity (Wildman–Crippen MR) is 105 cm³/mol. The summed E-state index contributed by atoms with van der Waals surface area (Å²) >= 11 is 0. The molecule has 6 atom stereocenters. The fourth-order valence-electron chi connectivity index (χ4n) is 6.27. The van der Waals surface area contributed by atoms with E-state index in [2.05, 4.69) is 13.0 Å². The van der Waals surface area contributed by atoms with Gasteiger partial charge in [0.05, 0.1) is 17.6 Å². The number of ether oxygens (including phenoxy) is 1. The molecule has 0 saturated heterocycles. The van der Waals surface area contributed by atoms with Crippen LogP contribution in [0.5, 0.6) is 5.75 Å². The van der Waals surface area contributed by atoms with E-state index in [0.717, 1.165) is 42.4 Å². The van der Waals surface area contributed by atoms with Gasteiger partial charge in [0.15, 0.2) is 0 Å². The lowest BCUT2D eigenvalue weighted by Crippen LogP contribution is -2.42. The van der Waals surface area contributed by atoms with Crippen LogP contribution in [0, 0.1) is 46.8 Å². The highest BCUT2D eigenvalue weighted by atomic mass is 16.5. The number of hydrogen-bond acceptors (Lipinski definition) is 3. The van der Waals surface area contributed by atoms with Gasteiger partial charge in [-0.3, -0.25) is 4.79 Å². The molecule has 0 heterocycles. The molecule has 0 radical (unpaired) electrons. The Labute approximate surface area is 163 Å². The first-order valence-corrected chi connectivity index (χ1v) is 10.9. The second-order valence-corrected chi connectivity index (χ2v) is 9.08. The molecule has 6 unspecified atom stereocenters. The number of hydrogen-bond donors (Lipinski definition) is 0. The van der Waals surface area contributed by atoms with Gasteiger partial charge in [-0.2, -0.15) is 5.26 Å². The van der Waals surface area contributed by atoms with Crippen LogP contribution in [0.15, 0.2) is 24.3 Å². The summed E-state index contributed by atoms with van der Waals surface area (Å²) in [5.41, 5.74) is 0.588. The Morgan fingerprint density at radius 3 is 2.33 bits per heavy atom. The maximum Gasteiger partial charge on any atom is 0.314 e. The van der Waals surface area contributed by atoms with Gasteiger partial charge in [0.2, 0.25) is 0 Å². The van der Waals surface area contributed by atoms with E-state index in [-0.39, 0.29) is 11.9 Å². The zero-order valence-electron chi connectivity index (χ0n) is 16.4. The zero-order chi connectivity index (χ0) is 18.8. The van der Waals surface area contributed by atoms with E-state index in [1.807, 2.05) is 0 Å². The van der Waals surface area contributed by atoms with Gasteiger partial charge in [-0.1, -0.05) is 19.8 Å². The Morgan fingerprint density at radius 1 is 1.00 bits per heavy atom. The van der Waals surface area contributed by atoms with Crippen LogP contribution < -0.4 is 4.74 Å². The number of rotatable bonds is 3. The Balaban J connectivity index is 1.35. The number of benzene rings is 1. The highest BCUT2D eigenvalue weighted by Gasteiger charge is 2.45. The smallest absolute Gasteiger partial charge is 0.314 e. The van der Waals surface area contributed by atoms with Gasteiger partial charge in [0.25, 0.3) is 0 Å². The molecule has 3 fully saturated rings. The van der Waals surface area contributed by atoms with E-state index in [9.17, 15) is 4.79 Å². The minimum atomic E-state index is -0.0741. The molecule has 144 valence electrons. The van der Waals surface area contributed by atoms with Crippen molar-refractivity contribution in [1.82, 2.24) is 0 Å². The molecule has 4 rings (SSSR count). The van der Waals surface area contributed by atoms with Gasteiger partial charge in [-0.25, -0.2) is 0 Å². The lowest BCUT2D eigenvalue weighted by molar-refractivity contribution is -0.142. The van der Waals surface area contributed by atoms with Crippen molar-refractivity contribution in [1.29, 1.82) is 5.26 Å². The summed E-state index contributed by atoms with van der Waals surface area (Å²) in [5.74, 6) is 4.93. The van der Waals surface area contributed by atoms with Crippen LogP contribution in [0.3, 0.4) is 0 Å². The van der Waals surface area contributed by atoms with Crippen LogP contribution >= 0.6 is 0 Å². The van der Waals surface area contributed by atoms with Crippen molar-refractivity contribution in [3.8, 4) is 11.8 Å². The monoisotopic (exact) mass is 365 g/mol. The zero-order valence-corrected chi connectivity index (χ0v) is 16.4. The molecular formula is C24H31NO2. The molecule has 0 bridgehead atoms. The van der Waals surface area contributed by atoms with Crippen LogP contribution in [-0.2, 0) is 4.79 Å². The van der Waals surface area contributed by atoms with E-state index in [1.165, 1.54) is 44.9 Å². The van der Waals surface area contributed by atoms with Gasteiger partial charge in [0, 0.05) is 0 Å². The molecule has 3 saturated carbocycles. The van der Waals surface area contributed by atoms with Crippen molar-refractivity contribution in [2.45, 2.75) is 64.7 Å². The van der Waals surface area contributed by atoms with Gasteiger partial charge in [0.1, 0.15) is 5.75 Å². The van der Waals surface area contributed by atoms with Crippen molar-refractivity contribution in [2.24, 2.45) is 35.5 Å². The van der Waals surface area contributed by atoms with Crippen molar-refractivity contribution in [2.75, 3.05) is 0 Å². The molecular weight excluding hydrogens is 334 g/mol. The van der Waals surface area contributed by atoms with E-state index < -0.39 is 0 Å². The maximum atomic E-state index is 12.7. The molecule has 27 heavy (non-hydrogen) atoms. The number of nitriles is 1. The molecule has 3 aliphatic rings. The van der Waals surface area contributed by atoms with Crippen LogP contribution in [0.1, 0.15) is 70.3 Å². The summed E-state index contributed by atoms with van der Waals surface area (Å²) in [6, 6.07) is 8.94.